The van der Waals surface area contributed by atoms with Gasteiger partial charge in [0, 0.05) is 38.3 Å². The number of hydrogen-bond donors (Lipinski definition) is 1. The van der Waals surface area contributed by atoms with Gasteiger partial charge in [-0.2, -0.15) is 0 Å². The number of ether oxygens (including phenoxy) is 1. The zero-order valence-electron chi connectivity index (χ0n) is 16.7. The summed E-state index contributed by atoms with van der Waals surface area (Å²) in [4.78, 5) is 28.9. The van der Waals surface area contributed by atoms with Gasteiger partial charge in [0.2, 0.25) is 5.91 Å². The Labute approximate surface area is 171 Å². The average Bonchev–Trinajstić information content (AvgIpc) is 3.22. The molecule has 2 heterocycles. The van der Waals surface area contributed by atoms with E-state index in [4.69, 9.17) is 4.74 Å². The van der Waals surface area contributed by atoms with E-state index in [-0.39, 0.29) is 18.2 Å². The van der Waals surface area contributed by atoms with Crippen molar-refractivity contribution in [3.63, 3.8) is 0 Å². The van der Waals surface area contributed by atoms with E-state index in [1.807, 2.05) is 30.3 Å². The second-order valence-corrected chi connectivity index (χ2v) is 7.71. The highest BCUT2D eigenvalue weighted by molar-refractivity contribution is 6.00. The summed E-state index contributed by atoms with van der Waals surface area (Å²) in [5.41, 5.74) is 1.97. The van der Waals surface area contributed by atoms with Gasteiger partial charge >= 0.3 is 0 Å². The quantitative estimate of drug-likeness (QED) is 0.820. The molecular formula is C23H27N3O3. The topological polar surface area (TPSA) is 61.9 Å². The van der Waals surface area contributed by atoms with Gasteiger partial charge in [-0.15, -0.1) is 0 Å². The van der Waals surface area contributed by atoms with Crippen molar-refractivity contribution in [1.82, 2.24) is 5.32 Å². The number of rotatable bonds is 6. The molecule has 1 saturated heterocycles. The number of fused-ring (bicyclic) bond motifs is 1. The Bertz CT molecular complexity index is 871. The van der Waals surface area contributed by atoms with Crippen LogP contribution >= 0.6 is 0 Å². The van der Waals surface area contributed by atoms with Crippen molar-refractivity contribution in [3.05, 3.63) is 54.6 Å². The van der Waals surface area contributed by atoms with Gasteiger partial charge in [-0.3, -0.25) is 9.59 Å². The van der Waals surface area contributed by atoms with Crippen LogP contribution in [-0.4, -0.2) is 44.1 Å². The van der Waals surface area contributed by atoms with Gasteiger partial charge in [-0.1, -0.05) is 30.3 Å². The van der Waals surface area contributed by atoms with Crippen molar-refractivity contribution < 1.29 is 14.3 Å². The van der Waals surface area contributed by atoms with Crippen LogP contribution < -0.4 is 19.9 Å². The number of benzene rings is 2. The maximum absolute atomic E-state index is 12.5. The predicted octanol–water partition coefficient (Wildman–Crippen LogP) is 2.83. The molecule has 2 aliphatic rings. The molecule has 0 spiro atoms. The predicted molar refractivity (Wildman–Crippen MR) is 113 cm³/mol. The van der Waals surface area contributed by atoms with Crippen molar-refractivity contribution in [3.8, 4) is 5.75 Å². The molecule has 0 bridgehead atoms. The minimum absolute atomic E-state index is 0.0208. The lowest BCUT2D eigenvalue weighted by atomic mass is 10.1. The summed E-state index contributed by atoms with van der Waals surface area (Å²) < 4.78 is 5.65. The average molecular weight is 393 g/mol. The molecular weight excluding hydrogens is 366 g/mol. The van der Waals surface area contributed by atoms with Crippen molar-refractivity contribution in [2.75, 3.05) is 36.0 Å². The lowest BCUT2D eigenvalue weighted by Gasteiger charge is -2.32. The second-order valence-electron chi connectivity index (χ2n) is 7.71. The second kappa shape index (κ2) is 8.55. The highest BCUT2D eigenvalue weighted by Crippen LogP contribution is 2.33. The SMILES string of the molecule is CC1Oc2ccccc2N(CCC(=O)NCC2CCN(c3ccccc3)C2)C1=O. The van der Waals surface area contributed by atoms with E-state index in [1.165, 1.54) is 5.69 Å². The normalized spacial score (nSPS) is 20.9. The number of amides is 2. The number of carbonyl (C=O) groups excluding carboxylic acids is 2. The molecule has 152 valence electrons. The third kappa shape index (κ3) is 4.36. The molecule has 1 N–H and O–H groups in total. The van der Waals surface area contributed by atoms with Crippen LogP contribution in [0.25, 0.3) is 0 Å². The number of carbonyl (C=O) groups is 2. The van der Waals surface area contributed by atoms with Crippen LogP contribution in [0, 0.1) is 5.92 Å². The van der Waals surface area contributed by atoms with E-state index in [0.717, 1.165) is 25.2 Å². The van der Waals surface area contributed by atoms with Crippen molar-refractivity contribution in [2.24, 2.45) is 5.92 Å². The number of nitrogens with one attached hydrogen (secondary N) is 1. The molecule has 6 heteroatoms. The Morgan fingerprint density at radius 1 is 1.14 bits per heavy atom. The van der Waals surface area contributed by atoms with E-state index in [1.54, 1.807) is 11.8 Å². The molecule has 0 saturated carbocycles. The van der Waals surface area contributed by atoms with Crippen molar-refractivity contribution in [2.45, 2.75) is 25.9 Å². The molecule has 2 aromatic rings. The Kier molecular flexibility index (Phi) is 5.69. The van der Waals surface area contributed by atoms with Crippen molar-refractivity contribution in [1.29, 1.82) is 0 Å². The van der Waals surface area contributed by atoms with E-state index in [0.29, 0.717) is 24.8 Å². The Balaban J connectivity index is 1.26. The standard InChI is InChI=1S/C23H27N3O3/c1-17-23(28)26(20-9-5-6-10-21(20)29-17)14-12-22(27)24-15-18-11-13-25(16-18)19-7-3-2-4-8-19/h2-10,17-18H,11-16H2,1H3,(H,24,27). The highest BCUT2D eigenvalue weighted by atomic mass is 16.5. The summed E-state index contributed by atoms with van der Waals surface area (Å²) in [6, 6.07) is 17.8. The highest BCUT2D eigenvalue weighted by Gasteiger charge is 2.31. The van der Waals surface area contributed by atoms with E-state index >= 15 is 0 Å². The van der Waals surface area contributed by atoms with E-state index in [2.05, 4.69) is 34.5 Å². The van der Waals surface area contributed by atoms with Gasteiger partial charge in [0.05, 0.1) is 5.69 Å². The summed E-state index contributed by atoms with van der Waals surface area (Å²) >= 11 is 0. The molecule has 0 radical (unpaired) electrons. The maximum atomic E-state index is 12.5. The van der Waals surface area contributed by atoms with Crippen LogP contribution in [0.15, 0.2) is 54.6 Å². The number of nitrogens with zero attached hydrogens (tertiary/aromatic N) is 2. The first-order chi connectivity index (χ1) is 14.1. The van der Waals surface area contributed by atoms with Crippen LogP contribution in [0.3, 0.4) is 0 Å². The van der Waals surface area contributed by atoms with Crippen LogP contribution in [0.5, 0.6) is 5.75 Å². The molecule has 2 aliphatic heterocycles. The summed E-state index contributed by atoms with van der Waals surface area (Å²) in [6.45, 7) is 4.74. The first-order valence-corrected chi connectivity index (χ1v) is 10.3. The molecule has 0 aliphatic carbocycles. The third-order valence-electron chi connectivity index (χ3n) is 5.63. The summed E-state index contributed by atoms with van der Waals surface area (Å²) in [7, 11) is 0. The molecule has 6 nitrogen and oxygen atoms in total. The molecule has 4 rings (SSSR count). The van der Waals surface area contributed by atoms with Gasteiger partial charge < -0.3 is 19.9 Å². The zero-order valence-corrected chi connectivity index (χ0v) is 16.7. The van der Waals surface area contributed by atoms with Crippen LogP contribution in [0.2, 0.25) is 0 Å². The fraction of sp³-hybridized carbons (Fsp3) is 0.391. The first kappa shape index (κ1) is 19.3. The van der Waals surface area contributed by atoms with Gasteiger partial charge in [-0.25, -0.2) is 0 Å². The number of hydrogen-bond acceptors (Lipinski definition) is 4. The summed E-state index contributed by atoms with van der Waals surface area (Å²) in [6.07, 6.45) is 0.819. The minimum atomic E-state index is -0.532. The van der Waals surface area contributed by atoms with Gasteiger partial charge in [0.25, 0.3) is 5.91 Å². The zero-order chi connectivity index (χ0) is 20.2. The number of para-hydroxylation sites is 3. The van der Waals surface area contributed by atoms with Crippen LogP contribution in [0.1, 0.15) is 19.8 Å². The lowest BCUT2D eigenvalue weighted by molar-refractivity contribution is -0.125. The fourth-order valence-corrected chi connectivity index (χ4v) is 4.02. The molecule has 2 aromatic carbocycles. The molecule has 1 fully saturated rings. The largest absolute Gasteiger partial charge is 0.479 e. The van der Waals surface area contributed by atoms with E-state index in [9.17, 15) is 9.59 Å². The van der Waals surface area contributed by atoms with Crippen molar-refractivity contribution >= 4 is 23.2 Å². The Morgan fingerprint density at radius 2 is 1.90 bits per heavy atom. The molecule has 0 aromatic heterocycles. The lowest BCUT2D eigenvalue weighted by Crippen LogP contribution is -2.46. The van der Waals surface area contributed by atoms with Crippen LogP contribution in [0.4, 0.5) is 11.4 Å². The molecule has 2 unspecified atom stereocenters. The summed E-state index contributed by atoms with van der Waals surface area (Å²) in [5.74, 6) is 1.01. The maximum Gasteiger partial charge on any atom is 0.267 e. The molecule has 29 heavy (non-hydrogen) atoms. The van der Waals surface area contributed by atoms with Gasteiger partial charge in [-0.05, 0) is 43.5 Å². The van der Waals surface area contributed by atoms with Gasteiger partial charge in [0.15, 0.2) is 6.10 Å². The number of anilines is 2. The minimum Gasteiger partial charge on any atom is -0.479 e. The first-order valence-electron chi connectivity index (χ1n) is 10.3. The molecule has 2 amide bonds. The third-order valence-corrected chi connectivity index (χ3v) is 5.63. The summed E-state index contributed by atoms with van der Waals surface area (Å²) in [5, 5.41) is 3.05. The van der Waals surface area contributed by atoms with Crippen LogP contribution in [-0.2, 0) is 9.59 Å². The Morgan fingerprint density at radius 3 is 2.72 bits per heavy atom. The smallest absolute Gasteiger partial charge is 0.267 e. The van der Waals surface area contributed by atoms with Gasteiger partial charge in [0.1, 0.15) is 5.75 Å². The van der Waals surface area contributed by atoms with E-state index < -0.39 is 6.10 Å². The fourth-order valence-electron chi connectivity index (χ4n) is 4.02. The molecule has 2 atom stereocenters. The monoisotopic (exact) mass is 393 g/mol. The Hall–Kier alpha value is -3.02.